The van der Waals surface area contributed by atoms with Crippen molar-refractivity contribution in [3.8, 4) is 0 Å². The number of ether oxygens (including phenoxy) is 1. The Bertz CT molecular complexity index is 1180. The third-order valence-corrected chi connectivity index (χ3v) is 5.48. The molecule has 0 radical (unpaired) electrons. The molecule has 0 saturated carbocycles. The molecular weight excluding hydrogens is 403 g/mol. The van der Waals surface area contributed by atoms with E-state index in [1.165, 1.54) is 42.5 Å². The fraction of sp³-hybridized carbons (Fsp3) is 0.263. The first-order valence-corrected chi connectivity index (χ1v) is 10.3. The number of carbonyl (C=O) groups is 1. The number of carbonyl (C=O) groups excluding carboxylic acids is 1. The van der Waals surface area contributed by atoms with E-state index in [-0.39, 0.29) is 35.7 Å². The standard InChI is InChI=1S/C19H19FN2O6S/c1-2-9-27-18(23)12-22-16-8-7-15(10-17(16)28-19(22)24)29(25,26)21-11-13-3-5-14(20)6-4-13/h3-8,10,21H,2,9,11-12H2,1H3. The first-order valence-electron chi connectivity index (χ1n) is 8.83. The Morgan fingerprint density at radius 1 is 1.21 bits per heavy atom. The van der Waals surface area contributed by atoms with Gasteiger partial charge in [0.2, 0.25) is 10.0 Å². The van der Waals surface area contributed by atoms with Gasteiger partial charge in [0.05, 0.1) is 17.0 Å². The summed E-state index contributed by atoms with van der Waals surface area (Å²) in [6.07, 6.45) is 0.652. The number of benzene rings is 2. The van der Waals surface area contributed by atoms with Crippen LogP contribution in [0.1, 0.15) is 18.9 Å². The summed E-state index contributed by atoms with van der Waals surface area (Å²) in [5, 5.41) is 0. The molecule has 0 saturated heterocycles. The summed E-state index contributed by atoms with van der Waals surface area (Å²) in [4.78, 5) is 23.7. The molecule has 8 nitrogen and oxygen atoms in total. The van der Waals surface area contributed by atoms with Crippen LogP contribution in [0.5, 0.6) is 0 Å². The van der Waals surface area contributed by atoms with Crippen molar-refractivity contribution in [3.63, 3.8) is 0 Å². The summed E-state index contributed by atoms with van der Waals surface area (Å²) < 4.78 is 51.5. The molecule has 2 aromatic carbocycles. The quantitative estimate of drug-likeness (QED) is 0.558. The molecule has 1 heterocycles. The van der Waals surface area contributed by atoms with Gasteiger partial charge in [-0.2, -0.15) is 0 Å². The highest BCUT2D eigenvalue weighted by Crippen LogP contribution is 2.19. The largest absolute Gasteiger partial charge is 0.464 e. The summed E-state index contributed by atoms with van der Waals surface area (Å²) in [5.41, 5.74) is 0.892. The number of halogens is 1. The van der Waals surface area contributed by atoms with E-state index in [0.29, 0.717) is 12.0 Å². The van der Waals surface area contributed by atoms with Gasteiger partial charge in [-0.25, -0.2) is 22.3 Å². The fourth-order valence-electron chi connectivity index (χ4n) is 2.62. The van der Waals surface area contributed by atoms with Gasteiger partial charge in [-0.05, 0) is 36.2 Å². The van der Waals surface area contributed by atoms with E-state index in [0.717, 1.165) is 4.57 Å². The van der Waals surface area contributed by atoms with Crippen LogP contribution in [0, 0.1) is 5.82 Å². The molecule has 0 aliphatic carbocycles. The van der Waals surface area contributed by atoms with Crippen molar-refractivity contribution >= 4 is 27.1 Å². The summed E-state index contributed by atoms with van der Waals surface area (Å²) in [6.45, 7) is 1.72. The van der Waals surface area contributed by atoms with Gasteiger partial charge in [0.15, 0.2) is 5.58 Å². The fourth-order valence-corrected chi connectivity index (χ4v) is 3.65. The highest BCUT2D eigenvalue weighted by atomic mass is 32.2. The molecule has 0 fully saturated rings. The highest BCUT2D eigenvalue weighted by Gasteiger charge is 2.19. The number of nitrogens with zero attached hydrogens (tertiary/aromatic N) is 1. The molecule has 154 valence electrons. The number of aromatic nitrogens is 1. The minimum absolute atomic E-state index is 0.0305. The molecule has 1 N–H and O–H groups in total. The van der Waals surface area contributed by atoms with Gasteiger partial charge < -0.3 is 9.15 Å². The van der Waals surface area contributed by atoms with E-state index in [1.807, 2.05) is 6.92 Å². The Labute approximate surface area is 165 Å². The molecular formula is C19H19FN2O6S. The Kier molecular flexibility index (Phi) is 6.14. The minimum Gasteiger partial charge on any atom is -0.464 e. The highest BCUT2D eigenvalue weighted by molar-refractivity contribution is 7.89. The molecule has 0 amide bonds. The van der Waals surface area contributed by atoms with Crippen molar-refractivity contribution in [2.24, 2.45) is 0 Å². The molecule has 1 aromatic heterocycles. The van der Waals surface area contributed by atoms with E-state index >= 15 is 0 Å². The third-order valence-electron chi connectivity index (χ3n) is 4.08. The van der Waals surface area contributed by atoms with Crippen LogP contribution in [0.15, 0.2) is 56.6 Å². The first kappa shape index (κ1) is 20.7. The second-order valence-electron chi connectivity index (χ2n) is 6.26. The van der Waals surface area contributed by atoms with Crippen molar-refractivity contribution < 1.29 is 26.8 Å². The van der Waals surface area contributed by atoms with E-state index in [1.54, 1.807) is 0 Å². The second-order valence-corrected chi connectivity index (χ2v) is 8.02. The Hall–Kier alpha value is -2.98. The average Bonchev–Trinajstić information content (AvgIpc) is 3.00. The second kappa shape index (κ2) is 8.58. The van der Waals surface area contributed by atoms with Crippen LogP contribution in [0.4, 0.5) is 4.39 Å². The summed E-state index contributed by atoms with van der Waals surface area (Å²) in [5.74, 6) is -1.79. The maximum Gasteiger partial charge on any atom is 0.420 e. The van der Waals surface area contributed by atoms with Crippen LogP contribution >= 0.6 is 0 Å². The predicted molar refractivity (Wildman–Crippen MR) is 102 cm³/mol. The molecule has 0 bridgehead atoms. The van der Waals surface area contributed by atoms with Crippen molar-refractivity contribution in [2.75, 3.05) is 6.61 Å². The third kappa shape index (κ3) is 4.90. The molecule has 0 aliphatic heterocycles. The van der Waals surface area contributed by atoms with Crippen molar-refractivity contribution in [1.29, 1.82) is 0 Å². The van der Waals surface area contributed by atoms with Crippen LogP contribution < -0.4 is 10.5 Å². The average molecular weight is 422 g/mol. The summed E-state index contributed by atoms with van der Waals surface area (Å²) in [6, 6.07) is 9.31. The number of hydrogen-bond donors (Lipinski definition) is 1. The van der Waals surface area contributed by atoms with E-state index < -0.39 is 27.6 Å². The normalized spacial score (nSPS) is 11.7. The van der Waals surface area contributed by atoms with E-state index in [4.69, 9.17) is 9.15 Å². The van der Waals surface area contributed by atoms with Crippen LogP contribution in [-0.4, -0.2) is 25.6 Å². The predicted octanol–water partition coefficient (Wildman–Crippen LogP) is 2.17. The summed E-state index contributed by atoms with van der Waals surface area (Å²) in [7, 11) is -3.91. The zero-order valence-corrected chi connectivity index (χ0v) is 16.4. The molecule has 0 unspecified atom stereocenters. The minimum atomic E-state index is -3.91. The van der Waals surface area contributed by atoms with Gasteiger partial charge in [-0.1, -0.05) is 19.1 Å². The zero-order valence-electron chi connectivity index (χ0n) is 15.6. The number of sulfonamides is 1. The van der Waals surface area contributed by atoms with Crippen LogP contribution in [-0.2, 0) is 32.6 Å². The lowest BCUT2D eigenvalue weighted by molar-refractivity contribution is -0.144. The molecule has 0 aliphatic rings. The Balaban J connectivity index is 1.80. The van der Waals surface area contributed by atoms with Crippen molar-refractivity contribution in [1.82, 2.24) is 9.29 Å². The van der Waals surface area contributed by atoms with Gasteiger partial charge in [0.1, 0.15) is 12.4 Å². The lowest BCUT2D eigenvalue weighted by Gasteiger charge is -2.07. The monoisotopic (exact) mass is 422 g/mol. The maximum atomic E-state index is 12.9. The van der Waals surface area contributed by atoms with Crippen LogP contribution in [0.25, 0.3) is 11.1 Å². The van der Waals surface area contributed by atoms with E-state index in [2.05, 4.69) is 4.72 Å². The van der Waals surface area contributed by atoms with Crippen LogP contribution in [0.3, 0.4) is 0 Å². The molecule has 29 heavy (non-hydrogen) atoms. The van der Waals surface area contributed by atoms with Crippen LogP contribution in [0.2, 0.25) is 0 Å². The number of oxazole rings is 1. The molecule has 3 rings (SSSR count). The SMILES string of the molecule is CCCOC(=O)Cn1c(=O)oc2cc(S(=O)(=O)NCc3ccc(F)cc3)ccc21. The van der Waals surface area contributed by atoms with Crippen molar-refractivity contribution in [2.45, 2.75) is 31.3 Å². The Morgan fingerprint density at radius 2 is 1.93 bits per heavy atom. The number of hydrogen-bond acceptors (Lipinski definition) is 6. The first-order chi connectivity index (χ1) is 13.8. The molecule has 0 spiro atoms. The van der Waals surface area contributed by atoms with E-state index in [9.17, 15) is 22.4 Å². The number of nitrogens with one attached hydrogen (secondary N) is 1. The zero-order chi connectivity index (χ0) is 21.0. The number of rotatable bonds is 8. The smallest absolute Gasteiger partial charge is 0.420 e. The Morgan fingerprint density at radius 3 is 2.62 bits per heavy atom. The lowest BCUT2D eigenvalue weighted by atomic mass is 10.2. The van der Waals surface area contributed by atoms with Gasteiger partial charge in [0.25, 0.3) is 0 Å². The molecule has 3 aromatic rings. The maximum absolute atomic E-state index is 12.9. The van der Waals surface area contributed by atoms with Gasteiger partial charge in [0, 0.05) is 12.6 Å². The topological polar surface area (TPSA) is 108 Å². The van der Waals surface area contributed by atoms with Crippen molar-refractivity contribution in [3.05, 3.63) is 64.4 Å². The number of fused-ring (bicyclic) bond motifs is 1. The van der Waals surface area contributed by atoms with Gasteiger partial charge in [-0.3, -0.25) is 9.36 Å². The summed E-state index contributed by atoms with van der Waals surface area (Å²) >= 11 is 0. The van der Waals surface area contributed by atoms with Gasteiger partial charge >= 0.3 is 11.7 Å². The molecule has 0 atom stereocenters. The van der Waals surface area contributed by atoms with Gasteiger partial charge in [-0.15, -0.1) is 0 Å². The molecule has 10 heteroatoms. The number of esters is 1. The lowest BCUT2D eigenvalue weighted by Crippen LogP contribution is -2.23.